The standard InChI is InChI=1S/C18H19NO5S/c1-23-11-5-6-12(14(10-11)24-2)13-4-3-9-19(13)17(20)15-7-8-16(25-15)18(21)22/h5-8,10,13H,3-4,9H2,1-2H3,(H,21,22). The summed E-state index contributed by atoms with van der Waals surface area (Å²) in [6, 6.07) is 8.54. The predicted molar refractivity (Wildman–Crippen MR) is 93.8 cm³/mol. The van der Waals surface area contributed by atoms with Crippen molar-refractivity contribution in [1.29, 1.82) is 0 Å². The third-order valence-corrected chi connectivity index (χ3v) is 5.40. The minimum atomic E-state index is -1.01. The smallest absolute Gasteiger partial charge is 0.345 e. The summed E-state index contributed by atoms with van der Waals surface area (Å²) in [5.41, 5.74) is 0.934. The maximum absolute atomic E-state index is 12.9. The Kier molecular flexibility index (Phi) is 4.94. The Labute approximate surface area is 149 Å². The number of benzene rings is 1. The van der Waals surface area contributed by atoms with E-state index in [-0.39, 0.29) is 16.8 Å². The maximum atomic E-state index is 12.9. The highest BCUT2D eigenvalue weighted by molar-refractivity contribution is 7.15. The van der Waals surface area contributed by atoms with Crippen LogP contribution >= 0.6 is 11.3 Å². The largest absolute Gasteiger partial charge is 0.497 e. The van der Waals surface area contributed by atoms with Gasteiger partial charge in [0.1, 0.15) is 16.4 Å². The number of aromatic carboxylic acids is 1. The second-order valence-electron chi connectivity index (χ2n) is 5.73. The Hall–Kier alpha value is -2.54. The number of hydrogen-bond acceptors (Lipinski definition) is 5. The van der Waals surface area contributed by atoms with Gasteiger partial charge in [0.2, 0.25) is 0 Å². The third-order valence-electron chi connectivity index (χ3n) is 4.34. The molecule has 1 atom stereocenters. The average molecular weight is 361 g/mol. The lowest BCUT2D eigenvalue weighted by Gasteiger charge is -2.26. The number of carboxylic acid groups (broad SMARTS) is 1. The minimum Gasteiger partial charge on any atom is -0.497 e. The topological polar surface area (TPSA) is 76.1 Å². The van der Waals surface area contributed by atoms with Crippen LogP contribution in [0.3, 0.4) is 0 Å². The molecule has 1 fully saturated rings. The van der Waals surface area contributed by atoms with E-state index in [4.69, 9.17) is 14.6 Å². The molecule has 1 aromatic heterocycles. The van der Waals surface area contributed by atoms with Crippen LogP contribution in [0.5, 0.6) is 11.5 Å². The quantitative estimate of drug-likeness (QED) is 0.883. The molecule has 3 rings (SSSR count). The molecule has 7 heteroatoms. The van der Waals surface area contributed by atoms with E-state index < -0.39 is 5.97 Å². The van der Waals surface area contributed by atoms with E-state index in [1.807, 2.05) is 18.2 Å². The molecule has 0 bridgehead atoms. The highest BCUT2D eigenvalue weighted by Gasteiger charge is 2.33. The number of carboxylic acids is 1. The van der Waals surface area contributed by atoms with Crippen molar-refractivity contribution < 1.29 is 24.2 Å². The number of methoxy groups -OCH3 is 2. The van der Waals surface area contributed by atoms with E-state index in [0.29, 0.717) is 22.9 Å². The van der Waals surface area contributed by atoms with E-state index in [2.05, 4.69) is 0 Å². The Balaban J connectivity index is 1.89. The van der Waals surface area contributed by atoms with Crippen molar-refractivity contribution in [3.63, 3.8) is 0 Å². The summed E-state index contributed by atoms with van der Waals surface area (Å²) < 4.78 is 10.7. The zero-order valence-corrected chi connectivity index (χ0v) is 14.8. The number of carbonyl (C=O) groups is 2. The van der Waals surface area contributed by atoms with Crippen LogP contribution in [0.1, 0.15) is 43.8 Å². The summed E-state index contributed by atoms with van der Waals surface area (Å²) in [6.07, 6.45) is 1.73. The molecular weight excluding hydrogens is 342 g/mol. The first-order chi connectivity index (χ1) is 12.0. The van der Waals surface area contributed by atoms with Gasteiger partial charge in [-0.15, -0.1) is 11.3 Å². The highest BCUT2D eigenvalue weighted by Crippen LogP contribution is 2.39. The fraction of sp³-hybridized carbons (Fsp3) is 0.333. The van der Waals surface area contributed by atoms with Gasteiger partial charge in [0.25, 0.3) is 5.91 Å². The molecule has 0 radical (unpaired) electrons. The number of ether oxygens (including phenoxy) is 2. The fourth-order valence-corrected chi connectivity index (χ4v) is 3.94. The summed E-state index contributed by atoms with van der Waals surface area (Å²) in [5.74, 6) is 0.221. The van der Waals surface area contributed by atoms with Gasteiger partial charge in [-0.05, 0) is 37.1 Å². The number of likely N-dealkylation sites (tertiary alicyclic amines) is 1. The van der Waals surface area contributed by atoms with Crippen LogP contribution in [0, 0.1) is 0 Å². The Morgan fingerprint density at radius 1 is 1.16 bits per heavy atom. The Morgan fingerprint density at radius 3 is 2.56 bits per heavy atom. The normalized spacial score (nSPS) is 16.7. The van der Waals surface area contributed by atoms with Crippen molar-refractivity contribution in [2.45, 2.75) is 18.9 Å². The Bertz CT molecular complexity index is 801. The molecule has 0 aliphatic carbocycles. The first-order valence-corrected chi connectivity index (χ1v) is 8.73. The van der Waals surface area contributed by atoms with Crippen molar-refractivity contribution in [1.82, 2.24) is 4.90 Å². The van der Waals surface area contributed by atoms with E-state index in [1.165, 1.54) is 6.07 Å². The number of thiophene rings is 1. The van der Waals surface area contributed by atoms with Crippen LogP contribution in [0.2, 0.25) is 0 Å². The van der Waals surface area contributed by atoms with Gasteiger partial charge in [0.05, 0.1) is 25.1 Å². The second kappa shape index (κ2) is 7.14. The molecule has 1 aromatic carbocycles. The Morgan fingerprint density at radius 2 is 1.92 bits per heavy atom. The van der Waals surface area contributed by atoms with Crippen molar-refractivity contribution in [2.24, 2.45) is 0 Å². The van der Waals surface area contributed by atoms with Gasteiger partial charge in [-0.25, -0.2) is 4.79 Å². The molecule has 1 unspecified atom stereocenters. The molecule has 25 heavy (non-hydrogen) atoms. The molecule has 6 nitrogen and oxygen atoms in total. The van der Waals surface area contributed by atoms with Crippen LogP contribution in [-0.4, -0.2) is 42.6 Å². The van der Waals surface area contributed by atoms with Gasteiger partial charge in [-0.2, -0.15) is 0 Å². The molecule has 0 saturated carbocycles. The summed E-state index contributed by atoms with van der Waals surface area (Å²) in [4.78, 5) is 26.3. The van der Waals surface area contributed by atoms with Crippen LogP contribution in [0.25, 0.3) is 0 Å². The SMILES string of the molecule is COc1ccc(C2CCCN2C(=O)c2ccc(C(=O)O)s2)c(OC)c1. The van der Waals surface area contributed by atoms with Gasteiger partial charge >= 0.3 is 5.97 Å². The number of amides is 1. The molecule has 2 aromatic rings. The average Bonchev–Trinajstić information content (AvgIpc) is 3.30. The highest BCUT2D eigenvalue weighted by atomic mass is 32.1. The fourth-order valence-electron chi connectivity index (χ4n) is 3.14. The lowest BCUT2D eigenvalue weighted by Crippen LogP contribution is -2.30. The molecule has 1 aliphatic heterocycles. The van der Waals surface area contributed by atoms with Gasteiger partial charge in [-0.1, -0.05) is 0 Å². The van der Waals surface area contributed by atoms with E-state index in [9.17, 15) is 9.59 Å². The number of rotatable bonds is 5. The number of hydrogen-bond donors (Lipinski definition) is 1. The van der Waals surface area contributed by atoms with E-state index >= 15 is 0 Å². The molecular formula is C18H19NO5S. The van der Waals surface area contributed by atoms with Crippen molar-refractivity contribution in [2.75, 3.05) is 20.8 Å². The van der Waals surface area contributed by atoms with Gasteiger partial charge in [0.15, 0.2) is 0 Å². The lowest BCUT2D eigenvalue weighted by atomic mass is 10.0. The first-order valence-electron chi connectivity index (χ1n) is 7.91. The van der Waals surface area contributed by atoms with E-state index in [0.717, 1.165) is 29.7 Å². The molecule has 1 saturated heterocycles. The monoisotopic (exact) mass is 361 g/mol. The van der Waals surface area contributed by atoms with Crippen molar-refractivity contribution >= 4 is 23.2 Å². The molecule has 1 N–H and O–H groups in total. The maximum Gasteiger partial charge on any atom is 0.345 e. The molecule has 0 spiro atoms. The molecule has 1 aliphatic rings. The molecule has 2 heterocycles. The van der Waals surface area contributed by atoms with Crippen LogP contribution < -0.4 is 9.47 Å². The summed E-state index contributed by atoms with van der Waals surface area (Å²) in [6.45, 7) is 0.638. The molecule has 132 valence electrons. The lowest BCUT2D eigenvalue weighted by molar-refractivity contribution is 0.0700. The zero-order chi connectivity index (χ0) is 18.0. The first kappa shape index (κ1) is 17.3. The summed E-state index contributed by atoms with van der Waals surface area (Å²) in [5, 5.41) is 9.05. The van der Waals surface area contributed by atoms with Crippen molar-refractivity contribution in [3.8, 4) is 11.5 Å². The second-order valence-corrected chi connectivity index (χ2v) is 6.82. The van der Waals surface area contributed by atoms with Crippen LogP contribution in [0.4, 0.5) is 0 Å². The van der Waals surface area contributed by atoms with Gasteiger partial charge < -0.3 is 19.5 Å². The van der Waals surface area contributed by atoms with Gasteiger partial charge in [-0.3, -0.25) is 4.79 Å². The van der Waals surface area contributed by atoms with Gasteiger partial charge in [0, 0.05) is 18.2 Å². The molecule has 1 amide bonds. The van der Waals surface area contributed by atoms with Crippen molar-refractivity contribution in [3.05, 3.63) is 45.6 Å². The number of carbonyl (C=O) groups excluding carboxylic acids is 1. The summed E-state index contributed by atoms with van der Waals surface area (Å²) in [7, 11) is 3.19. The van der Waals surface area contributed by atoms with Crippen LogP contribution in [-0.2, 0) is 0 Å². The van der Waals surface area contributed by atoms with E-state index in [1.54, 1.807) is 25.2 Å². The van der Waals surface area contributed by atoms with Crippen LogP contribution in [0.15, 0.2) is 30.3 Å². The minimum absolute atomic E-state index is 0.0938. The number of nitrogens with zero attached hydrogens (tertiary/aromatic N) is 1. The summed E-state index contributed by atoms with van der Waals surface area (Å²) >= 11 is 1.01. The third kappa shape index (κ3) is 3.32. The predicted octanol–water partition coefficient (Wildman–Crippen LogP) is 3.44. The zero-order valence-electron chi connectivity index (χ0n) is 14.0.